The predicted octanol–water partition coefficient (Wildman–Crippen LogP) is 3.55. The first-order valence-electron chi connectivity index (χ1n) is 8.26. The van der Waals surface area contributed by atoms with Gasteiger partial charge in [-0.2, -0.15) is 0 Å². The molecule has 1 aromatic heterocycles. The number of nitrogens with zero attached hydrogens (tertiary/aromatic N) is 2. The Bertz CT molecular complexity index is 662. The fourth-order valence-corrected chi connectivity index (χ4v) is 3.77. The van der Waals surface area contributed by atoms with Gasteiger partial charge < -0.3 is 15.0 Å². The molecule has 2 heterocycles. The largest absolute Gasteiger partial charge is 0.367 e. The Labute approximate surface area is 146 Å². The molecule has 6 heteroatoms. The van der Waals surface area contributed by atoms with Crippen molar-refractivity contribution >= 4 is 17.4 Å². The molecule has 0 bridgehead atoms. The SMILES string of the molecule is CC[C@H](NC(=O)N1CCO[C@](C)(c2ccccc2)C1)c1nccs1. The number of carbonyl (C=O) groups excluding carboxylic acids is 1. The highest BCUT2D eigenvalue weighted by Crippen LogP contribution is 2.29. The summed E-state index contributed by atoms with van der Waals surface area (Å²) in [5.41, 5.74) is 0.620. The average molecular weight is 345 g/mol. The van der Waals surface area contributed by atoms with Crippen LogP contribution in [0.2, 0.25) is 0 Å². The lowest BCUT2D eigenvalue weighted by molar-refractivity contribution is -0.0908. The standard InChI is InChI=1S/C18H23N3O2S/c1-3-15(16-19-9-12-24-16)20-17(22)21-10-11-23-18(2,13-21)14-7-5-4-6-8-14/h4-9,12,15H,3,10-11,13H2,1-2H3,(H,20,22)/t15-,18-/m0/s1. The molecule has 5 nitrogen and oxygen atoms in total. The summed E-state index contributed by atoms with van der Waals surface area (Å²) in [6, 6.07) is 9.99. The molecule has 2 aromatic rings. The second-order valence-electron chi connectivity index (χ2n) is 6.15. The van der Waals surface area contributed by atoms with E-state index in [-0.39, 0.29) is 12.1 Å². The average Bonchev–Trinajstić information content (AvgIpc) is 3.15. The minimum absolute atomic E-state index is 0.0386. The number of carbonyl (C=O) groups is 1. The van der Waals surface area contributed by atoms with E-state index < -0.39 is 5.60 Å². The smallest absolute Gasteiger partial charge is 0.318 e. The quantitative estimate of drug-likeness (QED) is 0.922. The summed E-state index contributed by atoms with van der Waals surface area (Å²) in [7, 11) is 0. The van der Waals surface area contributed by atoms with E-state index in [1.807, 2.05) is 47.5 Å². The Morgan fingerprint density at radius 2 is 2.25 bits per heavy atom. The van der Waals surface area contributed by atoms with Crippen molar-refractivity contribution in [2.75, 3.05) is 19.7 Å². The molecule has 1 N–H and O–H groups in total. The molecule has 24 heavy (non-hydrogen) atoms. The fourth-order valence-electron chi connectivity index (χ4n) is 2.99. The van der Waals surface area contributed by atoms with Gasteiger partial charge in [0.15, 0.2) is 0 Å². The van der Waals surface area contributed by atoms with Crippen LogP contribution in [0.25, 0.3) is 0 Å². The summed E-state index contributed by atoms with van der Waals surface area (Å²) in [6.45, 7) is 5.77. The normalized spacial score (nSPS) is 22.2. The molecule has 1 aromatic carbocycles. The maximum atomic E-state index is 12.7. The molecule has 128 valence electrons. The summed E-state index contributed by atoms with van der Waals surface area (Å²) in [5, 5.41) is 5.99. The number of hydrogen-bond acceptors (Lipinski definition) is 4. The van der Waals surface area contributed by atoms with Crippen molar-refractivity contribution in [2.24, 2.45) is 0 Å². The van der Waals surface area contributed by atoms with Crippen LogP contribution in [0.3, 0.4) is 0 Å². The van der Waals surface area contributed by atoms with E-state index in [2.05, 4.69) is 17.2 Å². The second kappa shape index (κ2) is 7.32. The molecule has 0 radical (unpaired) electrons. The van der Waals surface area contributed by atoms with Gasteiger partial charge in [0.25, 0.3) is 0 Å². The van der Waals surface area contributed by atoms with Gasteiger partial charge in [0.2, 0.25) is 0 Å². The molecular weight excluding hydrogens is 322 g/mol. The van der Waals surface area contributed by atoms with Crippen molar-refractivity contribution in [3.8, 4) is 0 Å². The predicted molar refractivity (Wildman–Crippen MR) is 95.0 cm³/mol. The van der Waals surface area contributed by atoms with Gasteiger partial charge in [0, 0.05) is 18.1 Å². The lowest BCUT2D eigenvalue weighted by Crippen LogP contribution is -2.53. The maximum Gasteiger partial charge on any atom is 0.318 e. The van der Waals surface area contributed by atoms with Crippen molar-refractivity contribution in [1.82, 2.24) is 15.2 Å². The molecule has 2 amide bonds. The zero-order valence-electron chi connectivity index (χ0n) is 14.1. The Hall–Kier alpha value is -1.92. The van der Waals surface area contributed by atoms with Crippen LogP contribution < -0.4 is 5.32 Å². The van der Waals surface area contributed by atoms with E-state index in [0.29, 0.717) is 19.7 Å². The molecule has 3 rings (SSSR count). The van der Waals surface area contributed by atoms with Crippen LogP contribution in [0.1, 0.15) is 36.9 Å². The number of hydrogen-bond donors (Lipinski definition) is 1. The maximum absolute atomic E-state index is 12.7. The number of morpholine rings is 1. The number of ether oxygens (including phenoxy) is 1. The molecular formula is C18H23N3O2S. The molecule has 0 spiro atoms. The topological polar surface area (TPSA) is 54.5 Å². The van der Waals surface area contributed by atoms with Crippen LogP contribution in [0.15, 0.2) is 41.9 Å². The number of rotatable bonds is 4. The molecule has 1 saturated heterocycles. The third-order valence-electron chi connectivity index (χ3n) is 4.40. The molecule has 2 atom stereocenters. The number of aromatic nitrogens is 1. The summed E-state index contributed by atoms with van der Waals surface area (Å²) in [5.74, 6) is 0. The number of thiazole rings is 1. The highest BCUT2D eigenvalue weighted by molar-refractivity contribution is 7.09. The van der Waals surface area contributed by atoms with Gasteiger partial charge in [0.05, 0.1) is 19.2 Å². The molecule has 1 aliphatic rings. The number of benzene rings is 1. The molecule has 0 aliphatic carbocycles. The van der Waals surface area contributed by atoms with Crippen molar-refractivity contribution in [1.29, 1.82) is 0 Å². The lowest BCUT2D eigenvalue weighted by Gasteiger charge is -2.41. The minimum Gasteiger partial charge on any atom is -0.367 e. The highest BCUT2D eigenvalue weighted by atomic mass is 32.1. The first-order valence-corrected chi connectivity index (χ1v) is 9.14. The van der Waals surface area contributed by atoms with Gasteiger partial charge >= 0.3 is 6.03 Å². The van der Waals surface area contributed by atoms with E-state index in [4.69, 9.17) is 4.74 Å². The zero-order valence-corrected chi connectivity index (χ0v) is 14.9. The summed E-state index contributed by atoms with van der Waals surface area (Å²) in [4.78, 5) is 18.9. The molecule has 1 fully saturated rings. The summed E-state index contributed by atoms with van der Waals surface area (Å²) in [6.07, 6.45) is 2.59. The number of nitrogens with one attached hydrogen (secondary N) is 1. The lowest BCUT2D eigenvalue weighted by atomic mass is 9.94. The first kappa shape index (κ1) is 16.9. The van der Waals surface area contributed by atoms with Crippen LogP contribution in [0.4, 0.5) is 4.79 Å². The number of amides is 2. The van der Waals surface area contributed by atoms with Crippen LogP contribution in [0, 0.1) is 0 Å². The summed E-state index contributed by atoms with van der Waals surface area (Å²) >= 11 is 1.57. The van der Waals surface area contributed by atoms with Gasteiger partial charge in [-0.05, 0) is 18.9 Å². The Balaban J connectivity index is 1.69. The van der Waals surface area contributed by atoms with E-state index in [1.165, 1.54) is 0 Å². The Morgan fingerprint density at radius 1 is 1.46 bits per heavy atom. The molecule has 0 saturated carbocycles. The zero-order chi connectivity index (χ0) is 17.0. The third kappa shape index (κ3) is 3.60. The van der Waals surface area contributed by atoms with Crippen LogP contribution in [-0.4, -0.2) is 35.6 Å². The van der Waals surface area contributed by atoms with E-state index in [9.17, 15) is 4.79 Å². The van der Waals surface area contributed by atoms with Crippen LogP contribution >= 0.6 is 11.3 Å². The van der Waals surface area contributed by atoms with Crippen molar-refractivity contribution in [3.05, 3.63) is 52.5 Å². The van der Waals surface area contributed by atoms with Gasteiger partial charge in [0.1, 0.15) is 10.6 Å². The third-order valence-corrected chi connectivity index (χ3v) is 5.29. The van der Waals surface area contributed by atoms with Gasteiger partial charge in [-0.1, -0.05) is 37.3 Å². The van der Waals surface area contributed by atoms with Crippen molar-refractivity contribution < 1.29 is 9.53 Å². The molecule has 1 aliphatic heterocycles. The highest BCUT2D eigenvalue weighted by Gasteiger charge is 2.36. The fraction of sp³-hybridized carbons (Fsp3) is 0.444. The summed E-state index contributed by atoms with van der Waals surface area (Å²) < 4.78 is 6.00. The molecule has 0 unspecified atom stereocenters. The monoisotopic (exact) mass is 345 g/mol. The van der Waals surface area contributed by atoms with Crippen LogP contribution in [-0.2, 0) is 10.3 Å². The van der Waals surface area contributed by atoms with E-state index >= 15 is 0 Å². The van der Waals surface area contributed by atoms with E-state index in [1.54, 1.807) is 17.5 Å². The van der Waals surface area contributed by atoms with Crippen LogP contribution in [0.5, 0.6) is 0 Å². The van der Waals surface area contributed by atoms with Crippen molar-refractivity contribution in [2.45, 2.75) is 31.9 Å². The van der Waals surface area contributed by atoms with Crippen molar-refractivity contribution in [3.63, 3.8) is 0 Å². The first-order chi connectivity index (χ1) is 11.6. The Kier molecular flexibility index (Phi) is 5.16. The van der Waals surface area contributed by atoms with Gasteiger partial charge in [-0.25, -0.2) is 9.78 Å². The van der Waals surface area contributed by atoms with Gasteiger partial charge in [-0.15, -0.1) is 11.3 Å². The van der Waals surface area contributed by atoms with Gasteiger partial charge in [-0.3, -0.25) is 0 Å². The minimum atomic E-state index is -0.472. The van der Waals surface area contributed by atoms with E-state index in [0.717, 1.165) is 17.0 Å². The Morgan fingerprint density at radius 3 is 2.92 bits per heavy atom. The second-order valence-corrected chi connectivity index (χ2v) is 7.07. The number of urea groups is 1.